The van der Waals surface area contributed by atoms with Gasteiger partial charge in [0.05, 0.1) is 6.61 Å². The molecule has 0 aromatic heterocycles. The van der Waals surface area contributed by atoms with Gasteiger partial charge in [-0.15, -0.1) is 0 Å². The van der Waals surface area contributed by atoms with Crippen LogP contribution in [0.15, 0.2) is 36.4 Å². The average molecular weight is 344 g/mol. The largest absolute Gasteiger partial charge is 0.392 e. The molecule has 0 amide bonds. The maximum absolute atomic E-state index is 14.2. The maximum Gasteiger partial charge on any atom is 0.167 e. The van der Waals surface area contributed by atoms with Crippen LogP contribution in [-0.4, -0.2) is 5.11 Å². The van der Waals surface area contributed by atoms with Gasteiger partial charge in [-0.05, 0) is 48.6 Å². The van der Waals surface area contributed by atoms with E-state index in [1.165, 1.54) is 56.2 Å². The molecule has 0 atom stereocenters. The van der Waals surface area contributed by atoms with Crippen molar-refractivity contribution < 1.29 is 13.9 Å². The van der Waals surface area contributed by atoms with Crippen molar-refractivity contribution >= 4 is 0 Å². The van der Waals surface area contributed by atoms with E-state index in [1.807, 2.05) is 12.1 Å². The topological polar surface area (TPSA) is 20.2 Å². The first-order valence-electron chi connectivity index (χ1n) is 9.32. The van der Waals surface area contributed by atoms with Crippen molar-refractivity contribution in [3.05, 3.63) is 59.2 Å². The van der Waals surface area contributed by atoms with Gasteiger partial charge in [0.2, 0.25) is 0 Å². The molecule has 0 bridgehead atoms. The molecule has 1 aliphatic carbocycles. The maximum atomic E-state index is 14.2. The first-order valence-corrected chi connectivity index (χ1v) is 9.32. The van der Waals surface area contributed by atoms with Gasteiger partial charge in [0, 0.05) is 11.1 Å². The van der Waals surface area contributed by atoms with Gasteiger partial charge < -0.3 is 5.11 Å². The first kappa shape index (κ1) is 18.1. The number of benzene rings is 2. The van der Waals surface area contributed by atoms with Crippen molar-refractivity contribution in [1.29, 1.82) is 0 Å². The second-order valence-electron chi connectivity index (χ2n) is 7.19. The number of hydrogen-bond donors (Lipinski definition) is 1. The van der Waals surface area contributed by atoms with Gasteiger partial charge in [0.25, 0.3) is 0 Å². The lowest BCUT2D eigenvalue weighted by atomic mass is 9.77. The fourth-order valence-electron chi connectivity index (χ4n) is 4.06. The lowest BCUT2D eigenvalue weighted by Gasteiger charge is -2.28. The van der Waals surface area contributed by atoms with Crippen LogP contribution in [0.4, 0.5) is 8.78 Å². The van der Waals surface area contributed by atoms with Crippen molar-refractivity contribution in [3.63, 3.8) is 0 Å². The number of rotatable bonds is 5. The van der Waals surface area contributed by atoms with Gasteiger partial charge in [-0.3, -0.25) is 0 Å². The van der Waals surface area contributed by atoms with Gasteiger partial charge in [0.15, 0.2) is 11.6 Å². The predicted octanol–water partition coefficient (Wildman–Crippen LogP) is 6.20. The molecule has 134 valence electrons. The zero-order valence-electron chi connectivity index (χ0n) is 14.8. The van der Waals surface area contributed by atoms with Crippen LogP contribution in [0.1, 0.15) is 62.5 Å². The summed E-state index contributed by atoms with van der Waals surface area (Å²) in [5, 5.41) is 9.03. The smallest absolute Gasteiger partial charge is 0.167 e. The monoisotopic (exact) mass is 344 g/mol. The summed E-state index contributed by atoms with van der Waals surface area (Å²) in [5.41, 5.74) is 2.20. The predicted molar refractivity (Wildman–Crippen MR) is 97.3 cm³/mol. The zero-order valence-corrected chi connectivity index (χ0v) is 14.8. The molecule has 0 spiro atoms. The van der Waals surface area contributed by atoms with Crippen molar-refractivity contribution in [2.75, 3.05) is 0 Å². The molecular formula is C22H26F2O. The van der Waals surface area contributed by atoms with E-state index in [9.17, 15) is 8.78 Å². The fraction of sp³-hybridized carbons (Fsp3) is 0.455. The van der Waals surface area contributed by atoms with Gasteiger partial charge in [-0.1, -0.05) is 56.2 Å². The van der Waals surface area contributed by atoms with Crippen LogP contribution in [0.5, 0.6) is 0 Å². The molecule has 2 aromatic rings. The molecule has 1 N–H and O–H groups in total. The molecule has 0 saturated heterocycles. The Hall–Kier alpha value is -1.74. The van der Waals surface area contributed by atoms with E-state index in [4.69, 9.17) is 5.11 Å². The van der Waals surface area contributed by atoms with Gasteiger partial charge >= 0.3 is 0 Å². The molecule has 1 aliphatic rings. The Labute approximate surface area is 148 Å². The zero-order chi connectivity index (χ0) is 17.8. The molecule has 1 saturated carbocycles. The van der Waals surface area contributed by atoms with Crippen LogP contribution in [0.2, 0.25) is 0 Å². The van der Waals surface area contributed by atoms with Gasteiger partial charge in [0.1, 0.15) is 0 Å². The quantitative estimate of drug-likeness (QED) is 0.685. The van der Waals surface area contributed by atoms with Crippen molar-refractivity contribution in [3.8, 4) is 11.1 Å². The Bertz CT molecular complexity index is 701. The minimum Gasteiger partial charge on any atom is -0.392 e. The van der Waals surface area contributed by atoms with Crippen LogP contribution < -0.4 is 0 Å². The fourth-order valence-corrected chi connectivity index (χ4v) is 4.06. The normalized spacial score (nSPS) is 20.6. The molecule has 0 radical (unpaired) electrons. The molecule has 0 heterocycles. The molecule has 1 nitrogen and oxygen atoms in total. The Balaban J connectivity index is 1.74. The van der Waals surface area contributed by atoms with E-state index in [1.54, 1.807) is 0 Å². The van der Waals surface area contributed by atoms with E-state index in [-0.39, 0.29) is 11.1 Å². The Morgan fingerprint density at radius 1 is 0.920 bits per heavy atom. The third-order valence-corrected chi connectivity index (χ3v) is 5.57. The molecule has 1 fully saturated rings. The van der Waals surface area contributed by atoms with E-state index in [0.29, 0.717) is 11.5 Å². The van der Waals surface area contributed by atoms with E-state index in [2.05, 4.69) is 19.1 Å². The van der Waals surface area contributed by atoms with Crippen LogP contribution in [0, 0.1) is 17.6 Å². The summed E-state index contributed by atoms with van der Waals surface area (Å²) in [6.45, 7) is 1.75. The summed E-state index contributed by atoms with van der Waals surface area (Å²) in [6, 6.07) is 10.8. The molecule has 2 aromatic carbocycles. The molecule has 0 aliphatic heterocycles. The van der Waals surface area contributed by atoms with Gasteiger partial charge in [-0.2, -0.15) is 0 Å². The third-order valence-electron chi connectivity index (χ3n) is 5.57. The summed E-state index contributed by atoms with van der Waals surface area (Å²) in [7, 11) is 0. The lowest BCUT2D eigenvalue weighted by Crippen LogP contribution is -2.13. The Morgan fingerprint density at radius 3 is 2.20 bits per heavy atom. The Kier molecular flexibility index (Phi) is 5.85. The highest BCUT2D eigenvalue weighted by Gasteiger charge is 2.22. The SMILES string of the molecule is CCCC1CCC(c2ccc(-c3ccc(CO)c(F)c3F)cc2)CC1. The van der Waals surface area contributed by atoms with Crippen molar-refractivity contribution in [2.45, 2.75) is 58.0 Å². The standard InChI is InChI=1S/C22H26F2O/c1-2-3-15-4-6-16(7-5-15)17-8-10-18(11-9-17)20-13-12-19(14-25)21(23)22(20)24/h8-13,15-16,25H,2-7,14H2,1H3. The van der Waals surface area contributed by atoms with E-state index in [0.717, 1.165) is 5.92 Å². The minimum atomic E-state index is -0.960. The second-order valence-corrected chi connectivity index (χ2v) is 7.19. The highest BCUT2D eigenvalue weighted by Crippen LogP contribution is 2.38. The molecule has 3 heteroatoms. The van der Waals surface area contributed by atoms with Crippen molar-refractivity contribution in [2.24, 2.45) is 5.92 Å². The summed E-state index contributed by atoms with van der Waals surface area (Å²) < 4.78 is 28.1. The molecule has 0 unspecified atom stereocenters. The third kappa shape index (κ3) is 3.92. The summed E-state index contributed by atoms with van der Waals surface area (Å²) in [4.78, 5) is 0. The minimum absolute atomic E-state index is 0.0123. The number of hydrogen-bond acceptors (Lipinski definition) is 1. The average Bonchev–Trinajstić information content (AvgIpc) is 2.65. The second kappa shape index (κ2) is 8.09. The van der Waals surface area contributed by atoms with Crippen molar-refractivity contribution in [1.82, 2.24) is 0 Å². The number of aliphatic hydroxyl groups is 1. The van der Waals surface area contributed by atoms with Crippen LogP contribution >= 0.6 is 0 Å². The lowest BCUT2D eigenvalue weighted by molar-refractivity contribution is 0.273. The summed E-state index contributed by atoms with van der Waals surface area (Å²) in [5.74, 6) is -0.388. The number of aliphatic hydroxyl groups excluding tert-OH is 1. The number of halogens is 2. The van der Waals surface area contributed by atoms with Crippen LogP contribution in [-0.2, 0) is 6.61 Å². The molecule has 3 rings (SSSR count). The molecule has 25 heavy (non-hydrogen) atoms. The first-order chi connectivity index (χ1) is 12.1. The summed E-state index contributed by atoms with van der Waals surface area (Å²) in [6.07, 6.45) is 7.63. The van der Waals surface area contributed by atoms with E-state index >= 15 is 0 Å². The van der Waals surface area contributed by atoms with E-state index < -0.39 is 18.2 Å². The Morgan fingerprint density at radius 2 is 1.60 bits per heavy atom. The van der Waals surface area contributed by atoms with Crippen LogP contribution in [0.25, 0.3) is 11.1 Å². The summed E-state index contributed by atoms with van der Waals surface area (Å²) >= 11 is 0. The van der Waals surface area contributed by atoms with Gasteiger partial charge in [-0.25, -0.2) is 8.78 Å². The van der Waals surface area contributed by atoms with Crippen LogP contribution in [0.3, 0.4) is 0 Å². The molecular weight excluding hydrogens is 318 g/mol. The highest BCUT2D eigenvalue weighted by atomic mass is 19.2. The highest BCUT2D eigenvalue weighted by molar-refractivity contribution is 5.65.